The molecule has 0 amide bonds. The molecule has 7 nitrogen and oxygen atoms in total. The smallest absolute Gasteiger partial charge is 0.229 e. The van der Waals surface area contributed by atoms with E-state index >= 15 is 0 Å². The highest BCUT2D eigenvalue weighted by Gasteiger charge is 2.52. The van der Waals surface area contributed by atoms with Crippen molar-refractivity contribution in [2.45, 2.75) is 37.8 Å². The van der Waals surface area contributed by atoms with Gasteiger partial charge in [-0.1, -0.05) is 35.9 Å². The number of halogens is 1. The van der Waals surface area contributed by atoms with Crippen LogP contribution in [0.5, 0.6) is 0 Å². The first-order valence-corrected chi connectivity index (χ1v) is 9.00. The van der Waals surface area contributed by atoms with Gasteiger partial charge in [0.15, 0.2) is 0 Å². The molecule has 2 heterocycles. The quantitative estimate of drug-likeness (QED) is 0.506. The maximum absolute atomic E-state index is 10.1. The van der Waals surface area contributed by atoms with Gasteiger partial charge in [-0.05, 0) is 29.8 Å². The summed E-state index contributed by atoms with van der Waals surface area (Å²) >= 11 is 5.96. The van der Waals surface area contributed by atoms with Gasteiger partial charge in [0, 0.05) is 24.4 Å². The largest absolute Gasteiger partial charge is 0.353 e. The van der Waals surface area contributed by atoms with Crippen LogP contribution in [0.2, 0.25) is 5.02 Å². The standard InChI is InChI=1S/C19H20ClN3O4/c20-14-7-5-13(6-8-14)11-22-16-4-2-1-3-15(16)21-17(22)12-23-18(24,25)9-10-19(23,26)27/h1-8,24-27H,9-12H2. The minimum Gasteiger partial charge on any atom is -0.353 e. The molecule has 3 aromatic rings. The molecule has 142 valence electrons. The molecule has 1 aliphatic heterocycles. The number of hydrogen-bond donors (Lipinski definition) is 4. The van der Waals surface area contributed by atoms with Gasteiger partial charge in [0.2, 0.25) is 11.8 Å². The van der Waals surface area contributed by atoms with Gasteiger partial charge >= 0.3 is 0 Å². The summed E-state index contributed by atoms with van der Waals surface area (Å²) in [7, 11) is 0. The summed E-state index contributed by atoms with van der Waals surface area (Å²) in [4.78, 5) is 5.42. The predicted molar refractivity (Wildman–Crippen MR) is 99.4 cm³/mol. The number of imidazole rings is 1. The SMILES string of the molecule is OC1(O)CCC(O)(O)N1Cc1nc2ccccc2n1Cc1ccc(Cl)cc1. The van der Waals surface area contributed by atoms with E-state index in [1.807, 2.05) is 41.0 Å². The maximum atomic E-state index is 10.1. The number of rotatable bonds is 4. The molecule has 0 bridgehead atoms. The minimum absolute atomic E-state index is 0.137. The first kappa shape index (κ1) is 18.4. The Morgan fingerprint density at radius 1 is 0.889 bits per heavy atom. The van der Waals surface area contributed by atoms with Crippen molar-refractivity contribution < 1.29 is 20.4 Å². The zero-order valence-corrected chi connectivity index (χ0v) is 15.2. The third kappa shape index (κ3) is 3.45. The van der Waals surface area contributed by atoms with Crippen molar-refractivity contribution in [2.24, 2.45) is 0 Å². The summed E-state index contributed by atoms with van der Waals surface area (Å²) in [6.45, 7) is 0.344. The third-order valence-corrected chi connectivity index (χ3v) is 5.20. The van der Waals surface area contributed by atoms with Gasteiger partial charge < -0.3 is 25.0 Å². The number of fused-ring (bicyclic) bond motifs is 1. The Bertz CT molecular complexity index is 953. The Morgan fingerprint density at radius 2 is 1.52 bits per heavy atom. The Labute approximate surface area is 160 Å². The molecule has 4 N–H and O–H groups in total. The highest BCUT2D eigenvalue weighted by atomic mass is 35.5. The molecule has 0 unspecified atom stereocenters. The second kappa shape index (κ2) is 6.56. The predicted octanol–water partition coefficient (Wildman–Crippen LogP) is 1.61. The molecular formula is C19H20ClN3O4. The first-order valence-electron chi connectivity index (χ1n) is 8.62. The molecule has 0 saturated carbocycles. The van der Waals surface area contributed by atoms with Gasteiger partial charge in [0.05, 0.1) is 17.6 Å². The number of likely N-dealkylation sites (tertiary alicyclic amines) is 1. The van der Waals surface area contributed by atoms with Crippen molar-refractivity contribution in [3.05, 3.63) is 64.9 Å². The molecule has 2 aromatic carbocycles. The van der Waals surface area contributed by atoms with Gasteiger partial charge in [0.1, 0.15) is 5.82 Å². The first-order chi connectivity index (χ1) is 12.8. The average Bonchev–Trinajstić information content (AvgIpc) is 3.07. The van der Waals surface area contributed by atoms with Crippen molar-refractivity contribution >= 4 is 22.6 Å². The monoisotopic (exact) mass is 389 g/mol. The van der Waals surface area contributed by atoms with Crippen LogP contribution in [-0.2, 0) is 13.1 Å². The van der Waals surface area contributed by atoms with E-state index in [4.69, 9.17) is 11.6 Å². The van der Waals surface area contributed by atoms with Crippen LogP contribution in [0, 0.1) is 0 Å². The van der Waals surface area contributed by atoms with Crippen LogP contribution < -0.4 is 0 Å². The summed E-state index contributed by atoms with van der Waals surface area (Å²) in [5.41, 5.74) is 2.59. The van der Waals surface area contributed by atoms with E-state index in [9.17, 15) is 20.4 Å². The highest BCUT2D eigenvalue weighted by molar-refractivity contribution is 6.30. The normalized spacial score (nSPS) is 19.0. The highest BCUT2D eigenvalue weighted by Crippen LogP contribution is 2.36. The second-order valence-corrected chi connectivity index (χ2v) is 7.30. The van der Waals surface area contributed by atoms with Gasteiger partial charge in [-0.25, -0.2) is 4.98 Å². The lowest BCUT2D eigenvalue weighted by molar-refractivity contribution is -0.347. The Kier molecular flexibility index (Phi) is 4.46. The van der Waals surface area contributed by atoms with Crippen LogP contribution >= 0.6 is 11.6 Å². The average molecular weight is 390 g/mol. The van der Waals surface area contributed by atoms with Crippen LogP contribution in [0.15, 0.2) is 48.5 Å². The molecule has 0 spiro atoms. The molecule has 0 aliphatic carbocycles. The Balaban J connectivity index is 1.75. The molecule has 1 saturated heterocycles. The summed E-state index contributed by atoms with van der Waals surface area (Å²) in [5.74, 6) is -4.13. The van der Waals surface area contributed by atoms with Crippen LogP contribution in [0.25, 0.3) is 11.0 Å². The molecule has 1 aliphatic rings. The maximum Gasteiger partial charge on any atom is 0.229 e. The topological polar surface area (TPSA) is 102 Å². The molecular weight excluding hydrogens is 370 g/mol. The third-order valence-electron chi connectivity index (χ3n) is 4.95. The van der Waals surface area contributed by atoms with Crippen molar-refractivity contribution in [1.29, 1.82) is 0 Å². The lowest BCUT2D eigenvalue weighted by Crippen LogP contribution is -2.54. The number of para-hydroxylation sites is 2. The fourth-order valence-electron chi connectivity index (χ4n) is 3.48. The summed E-state index contributed by atoms with van der Waals surface area (Å²) in [5, 5.41) is 41.2. The van der Waals surface area contributed by atoms with E-state index in [0.717, 1.165) is 21.5 Å². The van der Waals surface area contributed by atoms with Crippen LogP contribution in [-0.4, -0.2) is 46.7 Å². The molecule has 0 radical (unpaired) electrons. The van der Waals surface area contributed by atoms with Gasteiger partial charge in [-0.15, -0.1) is 0 Å². The summed E-state index contributed by atoms with van der Waals surface area (Å²) in [6.07, 6.45) is -0.338. The fraction of sp³-hybridized carbons (Fsp3) is 0.316. The molecule has 1 aromatic heterocycles. The summed E-state index contributed by atoms with van der Waals surface area (Å²) in [6, 6.07) is 15.0. The number of benzene rings is 2. The van der Waals surface area contributed by atoms with Gasteiger partial charge in [-0.2, -0.15) is 4.90 Å². The lowest BCUT2D eigenvalue weighted by Gasteiger charge is -2.34. The van der Waals surface area contributed by atoms with E-state index < -0.39 is 11.8 Å². The number of nitrogens with zero attached hydrogens (tertiary/aromatic N) is 3. The lowest BCUT2D eigenvalue weighted by atomic mass is 10.2. The molecule has 27 heavy (non-hydrogen) atoms. The van der Waals surface area contributed by atoms with Gasteiger partial charge in [-0.3, -0.25) is 0 Å². The molecule has 8 heteroatoms. The number of aromatic nitrogens is 2. The number of aliphatic hydroxyl groups is 4. The zero-order chi connectivity index (χ0) is 19.2. The van der Waals surface area contributed by atoms with E-state index in [1.54, 1.807) is 12.1 Å². The fourth-order valence-corrected chi connectivity index (χ4v) is 3.61. The Morgan fingerprint density at radius 3 is 2.19 bits per heavy atom. The van der Waals surface area contributed by atoms with Crippen LogP contribution in [0.1, 0.15) is 24.2 Å². The van der Waals surface area contributed by atoms with Gasteiger partial charge in [0.25, 0.3) is 0 Å². The molecule has 4 rings (SSSR count). The summed E-state index contributed by atoms with van der Waals surface area (Å²) < 4.78 is 1.92. The van der Waals surface area contributed by atoms with E-state index in [-0.39, 0.29) is 19.4 Å². The number of hydrogen-bond acceptors (Lipinski definition) is 6. The zero-order valence-electron chi connectivity index (χ0n) is 14.5. The van der Waals surface area contributed by atoms with Crippen LogP contribution in [0.4, 0.5) is 0 Å². The van der Waals surface area contributed by atoms with Crippen molar-refractivity contribution in [3.8, 4) is 0 Å². The van der Waals surface area contributed by atoms with E-state index in [0.29, 0.717) is 17.4 Å². The Hall–Kier alpha value is -2.00. The second-order valence-electron chi connectivity index (χ2n) is 6.86. The molecule has 1 fully saturated rings. The minimum atomic E-state index is -2.31. The molecule has 0 atom stereocenters. The van der Waals surface area contributed by atoms with Crippen molar-refractivity contribution in [3.63, 3.8) is 0 Å². The van der Waals surface area contributed by atoms with Crippen molar-refractivity contribution in [1.82, 2.24) is 14.5 Å². The van der Waals surface area contributed by atoms with Crippen molar-refractivity contribution in [2.75, 3.05) is 0 Å². The van der Waals surface area contributed by atoms with Crippen LogP contribution in [0.3, 0.4) is 0 Å². The van der Waals surface area contributed by atoms with E-state index in [2.05, 4.69) is 4.98 Å². The van der Waals surface area contributed by atoms with E-state index in [1.165, 1.54) is 0 Å².